The molecule has 36 valence electrons. The molecule has 6 heavy (non-hydrogen) atoms. The van der Waals surface area contributed by atoms with Crippen molar-refractivity contribution in [1.29, 1.82) is 0 Å². The molecular weight excluding hydrogens is 393 g/mol. The second-order valence-electron chi connectivity index (χ2n) is 0. The average molecular weight is 396 g/mol. The third kappa shape index (κ3) is 52.5. The molecule has 0 heterocycles. The molecule has 0 unspecified atom stereocenters. The van der Waals surface area contributed by atoms with Crippen molar-refractivity contribution in [3.05, 3.63) is 0 Å². The summed E-state index contributed by atoms with van der Waals surface area (Å²) in [5.41, 5.74) is 0. The Kier molecular flexibility index (Phi) is 814. The zero-order valence-corrected chi connectivity index (χ0v) is 9.14. The van der Waals surface area contributed by atoms with Gasteiger partial charge in [0.15, 0.2) is 0 Å². The molecule has 0 fully saturated rings. The van der Waals surface area contributed by atoms with E-state index in [0.717, 1.165) is 0 Å². The molecule has 0 aromatic carbocycles. The van der Waals surface area contributed by atoms with Gasteiger partial charge in [-0.3, -0.25) is 0 Å². The van der Waals surface area contributed by atoms with Crippen LogP contribution in [0.5, 0.6) is 0 Å². The summed E-state index contributed by atoms with van der Waals surface area (Å²) in [4.78, 5) is 0. The van der Waals surface area contributed by atoms with Crippen molar-refractivity contribution in [2.75, 3.05) is 0 Å². The van der Waals surface area contributed by atoms with Gasteiger partial charge in [0, 0.05) is 0 Å². The van der Waals surface area contributed by atoms with Crippen molar-refractivity contribution in [2.45, 2.75) is 0 Å². The van der Waals surface area contributed by atoms with Gasteiger partial charge in [0.2, 0.25) is 0 Å². The molecule has 0 amide bonds. The fraction of sp³-hybridized carbons (Fsp3) is 0. The summed E-state index contributed by atoms with van der Waals surface area (Å²) in [6, 6.07) is 0. The van der Waals surface area contributed by atoms with Crippen molar-refractivity contribution in [3.8, 4) is 0 Å². The van der Waals surface area contributed by atoms with Crippen LogP contribution in [0.4, 0.5) is 0 Å². The molecule has 0 atom stereocenters. The van der Waals surface area contributed by atoms with Gasteiger partial charge in [-0.05, 0) is 0 Å². The van der Waals surface area contributed by atoms with Crippen LogP contribution in [0.1, 0.15) is 0 Å². The average Bonchev–Trinajstić information content (AvgIpc) is 1.00. The summed E-state index contributed by atoms with van der Waals surface area (Å²) in [5.74, 6) is 0. The van der Waals surface area contributed by atoms with Gasteiger partial charge in [-0.15, -0.1) is 0 Å². The van der Waals surface area contributed by atoms with Crippen molar-refractivity contribution in [3.63, 3.8) is 0 Å². The Morgan fingerprint density at radius 3 is 0.833 bits per heavy atom. The van der Waals surface area contributed by atoms with E-state index in [1.54, 1.807) is 0 Å². The summed E-state index contributed by atoms with van der Waals surface area (Å²) >= 11 is 0.500. The van der Waals surface area contributed by atoms with Gasteiger partial charge in [-0.1, -0.05) is 0 Å². The van der Waals surface area contributed by atoms with Gasteiger partial charge in [0.05, 0.1) is 0 Å². The van der Waals surface area contributed by atoms with Crippen LogP contribution in [-0.4, -0.2) is 66.7 Å². The van der Waals surface area contributed by atoms with E-state index in [9.17, 15) is 0 Å². The largest absolute Gasteiger partial charge is 2.00 e. The molecule has 3 N–H and O–H groups in total. The molecule has 0 saturated heterocycles. The fourth-order valence-corrected chi connectivity index (χ4v) is 0. The quantitative estimate of drug-likeness (QED) is 0.469. The smallest absolute Gasteiger partial charge is 2.00 e. The molecule has 0 aromatic heterocycles. The third-order valence-corrected chi connectivity index (χ3v) is 0. The monoisotopic (exact) mass is 396 g/mol. The predicted octanol–water partition coefficient (Wildman–Crippen LogP) is -1.41. The second kappa shape index (κ2) is 93.5. The molecule has 0 spiro atoms. The molecule has 0 aliphatic heterocycles. The van der Waals surface area contributed by atoms with E-state index in [4.69, 9.17) is 3.02 Å². The van der Waals surface area contributed by atoms with Crippen LogP contribution in [0.25, 0.3) is 0 Å². The third-order valence-electron chi connectivity index (χ3n) is 0. The summed E-state index contributed by atoms with van der Waals surface area (Å²) in [6.07, 6.45) is 0. The Balaban J connectivity index is -0.000000000833. The van der Waals surface area contributed by atoms with Crippen LogP contribution >= 0.6 is 0 Å². The number of rotatable bonds is 0. The summed E-state index contributed by atoms with van der Waals surface area (Å²) in [7, 11) is 0. The van der Waals surface area contributed by atoms with Gasteiger partial charge in [0.25, 0.3) is 0 Å². The van der Waals surface area contributed by atoms with E-state index in [0.29, 0.717) is 23.0 Å². The Bertz CT molecular complexity index is 7.51. The summed E-state index contributed by atoms with van der Waals surface area (Å²) in [6.45, 7) is 0. The number of hydrogen-bond acceptors (Lipinski definition) is 4. The predicted molar refractivity (Wildman–Crippen MR) is 18.0 cm³/mol. The molecule has 4 radical (unpaired) electrons. The normalized spacial score (nSPS) is 0.667. The Hall–Kier alpha value is 1.42. The minimum absolute atomic E-state index is 0. The second-order valence-corrected chi connectivity index (χ2v) is 0. The van der Waals surface area contributed by atoms with Crippen LogP contribution in [0.15, 0.2) is 0 Å². The zero-order chi connectivity index (χ0) is 2.00. The van der Waals surface area contributed by atoms with Crippen molar-refractivity contribution < 1.29 is 19.4 Å². The Morgan fingerprint density at radius 2 is 0.833 bits per heavy atom. The Labute approximate surface area is 69.3 Å². The van der Waals surface area contributed by atoms with Gasteiger partial charge in [0.1, 0.15) is 0 Å². The molecule has 6 heteroatoms. The van der Waals surface area contributed by atoms with Gasteiger partial charge in [-0.25, -0.2) is 0 Å². The van der Waals surface area contributed by atoms with Crippen LogP contribution in [0, 0.1) is 0 Å². The topological polar surface area (TPSA) is 107 Å². The SMILES string of the molecule is [OH-].[OH-].[OH-].[O]=[Sb+].[Pb+2]. The van der Waals surface area contributed by atoms with Gasteiger partial charge in [-0.2, -0.15) is 0 Å². The first-order valence-corrected chi connectivity index (χ1v) is 1.22. The molecule has 0 rings (SSSR count). The maximum atomic E-state index is 8.30. The molecule has 0 bridgehead atoms. The van der Waals surface area contributed by atoms with E-state index >= 15 is 0 Å². The minimum atomic E-state index is 0. The van der Waals surface area contributed by atoms with Crippen LogP contribution in [-0.2, 0) is 3.02 Å². The molecular formula is H3O4PbSb. The minimum Gasteiger partial charge on any atom is 2.00 e. The van der Waals surface area contributed by atoms with E-state index in [1.807, 2.05) is 0 Å². The number of hydrogen-bond donors (Lipinski definition) is 0. The molecule has 0 saturated carbocycles. The van der Waals surface area contributed by atoms with Gasteiger partial charge < -0.3 is 16.4 Å². The summed E-state index contributed by atoms with van der Waals surface area (Å²) in [5, 5.41) is 0. The molecule has 0 aromatic rings. The molecule has 4 nitrogen and oxygen atoms in total. The molecule has 0 aliphatic rings. The first-order chi connectivity index (χ1) is 1.00. The standard InChI is InChI=1S/3H2O.O.Pb.Sb/h3*1H2;;;/q;;;;+2;+1/p-3. The van der Waals surface area contributed by atoms with E-state index in [-0.39, 0.29) is 43.7 Å². The van der Waals surface area contributed by atoms with E-state index in [1.165, 1.54) is 0 Å². The van der Waals surface area contributed by atoms with Crippen molar-refractivity contribution in [1.82, 2.24) is 0 Å². The van der Waals surface area contributed by atoms with Crippen molar-refractivity contribution in [2.24, 2.45) is 0 Å². The van der Waals surface area contributed by atoms with Crippen LogP contribution < -0.4 is 0 Å². The van der Waals surface area contributed by atoms with Crippen LogP contribution in [0.3, 0.4) is 0 Å². The molecule has 0 aliphatic carbocycles. The first kappa shape index (κ1) is 52.2. The maximum absolute atomic E-state index is 8.30. The van der Waals surface area contributed by atoms with Crippen LogP contribution in [0.2, 0.25) is 0 Å². The zero-order valence-electron chi connectivity index (χ0n) is 2.70. The first-order valence-electron chi connectivity index (χ1n) is 0.183. The van der Waals surface area contributed by atoms with E-state index < -0.39 is 0 Å². The van der Waals surface area contributed by atoms with Crippen molar-refractivity contribution >= 4 is 50.3 Å². The maximum Gasteiger partial charge on any atom is 2.00 e. The Morgan fingerprint density at radius 1 is 0.833 bits per heavy atom. The van der Waals surface area contributed by atoms with E-state index in [2.05, 4.69) is 0 Å². The van der Waals surface area contributed by atoms with Gasteiger partial charge >= 0.3 is 53.3 Å². The summed E-state index contributed by atoms with van der Waals surface area (Å²) < 4.78 is 8.30. The fourth-order valence-electron chi connectivity index (χ4n) is 0.